The van der Waals surface area contributed by atoms with Gasteiger partial charge in [0.15, 0.2) is 35.2 Å². The number of hydrogen-bond acceptors (Lipinski definition) is 12. The van der Waals surface area contributed by atoms with E-state index in [4.69, 9.17) is 56.8 Å². The van der Waals surface area contributed by atoms with E-state index in [0.29, 0.717) is 92.7 Å². The summed E-state index contributed by atoms with van der Waals surface area (Å²) in [6.07, 6.45) is -3.11. The zero-order chi connectivity index (χ0) is 76.2. The normalized spacial score (nSPS) is 15.4. The van der Waals surface area contributed by atoms with Crippen LogP contribution in [0.3, 0.4) is 0 Å². The number of halogens is 1. The smallest absolute Gasteiger partial charge is 0.162 e. The predicted molar refractivity (Wildman–Crippen MR) is 442 cm³/mol. The van der Waals surface area contributed by atoms with Gasteiger partial charge in [-0.1, -0.05) is 315 Å². The van der Waals surface area contributed by atoms with E-state index in [1.54, 1.807) is 0 Å². The van der Waals surface area contributed by atoms with E-state index >= 15 is 0 Å². The van der Waals surface area contributed by atoms with Gasteiger partial charge in [0, 0.05) is 35.2 Å². The topological polar surface area (TPSA) is 111 Å². The lowest BCUT2D eigenvalue weighted by atomic mass is 9.77. The Morgan fingerprint density at radius 1 is 0.248 bits per heavy atom. The van der Waals surface area contributed by atoms with Gasteiger partial charge in [0.2, 0.25) is 0 Å². The molecular formula is C100H85BrO12. The van der Waals surface area contributed by atoms with Gasteiger partial charge in [-0.05, 0) is 107 Å². The lowest BCUT2D eigenvalue weighted by Crippen LogP contribution is -2.39. The van der Waals surface area contributed by atoms with Crippen molar-refractivity contribution < 1.29 is 56.8 Å². The maximum atomic E-state index is 8.23. The fraction of sp³-hybridized carbons (Fsp3) is 0.160. The molecule has 0 amide bonds. The zero-order valence-corrected chi connectivity index (χ0v) is 64.0. The van der Waals surface area contributed by atoms with E-state index in [2.05, 4.69) is 131 Å². The summed E-state index contributed by atoms with van der Waals surface area (Å²) in [6.45, 7) is 2.31. The Bertz CT molecular complexity index is 5350. The van der Waals surface area contributed by atoms with Crippen molar-refractivity contribution in [3.05, 3.63) is 440 Å². The zero-order valence-electron chi connectivity index (χ0n) is 62.4. The highest BCUT2D eigenvalue weighted by Crippen LogP contribution is 2.61. The molecular weight excluding hydrogens is 1470 g/mol. The first kappa shape index (κ1) is 74.6. The molecule has 16 rings (SSSR count). The molecule has 2 aliphatic heterocycles. The Hall–Kier alpha value is -12.5. The van der Waals surface area contributed by atoms with Crippen molar-refractivity contribution in [3.63, 3.8) is 0 Å². The number of hydrogen-bond donors (Lipinski definition) is 0. The van der Waals surface area contributed by atoms with Crippen molar-refractivity contribution in [2.24, 2.45) is 0 Å². The molecule has 0 radical (unpaired) electrons. The van der Waals surface area contributed by atoms with Gasteiger partial charge in [0.1, 0.15) is 104 Å². The van der Waals surface area contributed by atoms with E-state index in [-0.39, 0.29) is 52.9 Å². The van der Waals surface area contributed by atoms with Crippen LogP contribution in [0.15, 0.2) is 356 Å². The van der Waals surface area contributed by atoms with E-state index in [9.17, 15) is 0 Å². The van der Waals surface area contributed by atoms with Gasteiger partial charge in [-0.3, -0.25) is 0 Å². The molecule has 14 aromatic carbocycles. The molecule has 0 saturated heterocycles. The first-order chi connectivity index (χ1) is 55.9. The minimum atomic E-state index is -0.963. The van der Waals surface area contributed by atoms with Gasteiger partial charge in [-0.15, -0.1) is 0 Å². The Labute approximate surface area is 668 Å². The van der Waals surface area contributed by atoms with Crippen LogP contribution in [0.25, 0.3) is 0 Å². The largest absolute Gasteiger partial charge is 0.488 e. The molecule has 13 heteroatoms. The van der Waals surface area contributed by atoms with Crippen molar-refractivity contribution in [2.45, 2.75) is 103 Å². The summed E-state index contributed by atoms with van der Waals surface area (Å²) >= 11 is 4.23. The average Bonchev–Trinajstić information content (AvgIpc) is 0.715. The molecule has 0 saturated carbocycles. The third kappa shape index (κ3) is 18.9. The third-order valence-corrected chi connectivity index (χ3v) is 20.8. The van der Waals surface area contributed by atoms with Crippen molar-refractivity contribution in [3.8, 4) is 57.5 Å². The molecule has 0 unspecified atom stereocenters. The predicted octanol–water partition coefficient (Wildman–Crippen LogP) is 23.2. The number of rotatable bonds is 33. The second-order valence-corrected chi connectivity index (χ2v) is 28.8. The van der Waals surface area contributed by atoms with Gasteiger partial charge < -0.3 is 56.8 Å². The summed E-state index contributed by atoms with van der Waals surface area (Å²) in [5, 5.41) is 0. The van der Waals surface area contributed by atoms with Crippen LogP contribution in [0.4, 0.5) is 0 Å². The Morgan fingerprint density at radius 3 is 0.885 bits per heavy atom. The van der Waals surface area contributed by atoms with Gasteiger partial charge in [0.05, 0.1) is 19.1 Å². The van der Waals surface area contributed by atoms with Crippen molar-refractivity contribution in [2.75, 3.05) is 0 Å². The van der Waals surface area contributed by atoms with Crippen LogP contribution in [0, 0.1) is 0 Å². The second-order valence-electron chi connectivity index (χ2n) is 28.0. The molecule has 5 atom stereocenters. The second kappa shape index (κ2) is 37.0. The Kier molecular flexibility index (Phi) is 24.4. The van der Waals surface area contributed by atoms with Crippen molar-refractivity contribution in [1.82, 2.24) is 0 Å². The first-order valence-electron chi connectivity index (χ1n) is 38.2. The van der Waals surface area contributed by atoms with E-state index in [1.165, 1.54) is 0 Å². The SMILES string of the molecule is Brc1c(OCc2ccccc2)cc(OCc2ccccc2)c2c1O[C@H](c1ccc(OCc3ccccc3)c(OCc3ccccc3)c1)[C@@H](OCc1ccccc1)[C@@H]2c1c(OCc2ccccc2)cc(OCc2ccccc2)c2c1O[C@H](c1ccc(OCc3ccccc3)c(OCc3ccccc3)c1)[C@@H](OCc1ccccc1)C2. The summed E-state index contributed by atoms with van der Waals surface area (Å²) in [7, 11) is 0. The van der Waals surface area contributed by atoms with Gasteiger partial charge in [-0.2, -0.15) is 0 Å². The van der Waals surface area contributed by atoms with Crippen molar-refractivity contribution in [1.29, 1.82) is 0 Å². The van der Waals surface area contributed by atoms with Gasteiger partial charge in [-0.25, -0.2) is 0 Å². The van der Waals surface area contributed by atoms with E-state index in [0.717, 1.165) is 72.3 Å². The van der Waals surface area contributed by atoms with E-state index in [1.807, 2.05) is 237 Å². The maximum absolute atomic E-state index is 8.23. The summed E-state index contributed by atoms with van der Waals surface area (Å²) in [5.41, 5.74) is 13.2. The lowest BCUT2D eigenvalue weighted by molar-refractivity contribution is -0.0614. The molecule has 0 spiro atoms. The fourth-order valence-electron chi connectivity index (χ4n) is 14.3. The van der Waals surface area contributed by atoms with Crippen LogP contribution >= 0.6 is 15.9 Å². The highest BCUT2D eigenvalue weighted by molar-refractivity contribution is 9.10. The van der Waals surface area contributed by atoms with Crippen LogP contribution in [-0.2, 0) is 82.0 Å². The highest BCUT2D eigenvalue weighted by atomic mass is 79.9. The van der Waals surface area contributed by atoms with Crippen molar-refractivity contribution >= 4 is 15.9 Å². The Morgan fingerprint density at radius 2 is 0.522 bits per heavy atom. The third-order valence-electron chi connectivity index (χ3n) is 20.1. The monoisotopic (exact) mass is 1560 g/mol. The minimum absolute atomic E-state index is 0.149. The van der Waals surface area contributed by atoms with Crippen LogP contribution in [-0.4, -0.2) is 12.2 Å². The molecule has 564 valence electrons. The summed E-state index contributed by atoms with van der Waals surface area (Å²) < 4.78 is 88.7. The molecule has 0 N–H and O–H groups in total. The summed E-state index contributed by atoms with van der Waals surface area (Å²) in [6, 6.07) is 118. The molecule has 0 bridgehead atoms. The summed E-state index contributed by atoms with van der Waals surface area (Å²) in [5.74, 6) is 4.12. The number of benzene rings is 14. The van der Waals surface area contributed by atoms with Crippen LogP contribution in [0.5, 0.6) is 57.5 Å². The van der Waals surface area contributed by atoms with Gasteiger partial charge >= 0.3 is 0 Å². The molecule has 2 aliphatic rings. The van der Waals surface area contributed by atoms with Crippen LogP contribution < -0.4 is 47.4 Å². The number of ether oxygens (including phenoxy) is 12. The molecule has 12 nitrogen and oxygen atoms in total. The molecule has 14 aromatic rings. The molecule has 113 heavy (non-hydrogen) atoms. The standard InChI is InChI=1S/C100H85BrO12/c101-95-90(109-67-77-45-25-8-26-46-77)59-89(108-66-76-43-23-7-24-44-76)93-94(100(111-69-79-49-29-10-30-50-79)97(113-99(93)95)81-52-54-84(103-61-71-33-13-2-14-34-71)87(56-81)106-64-74-39-19-5-20-40-74)92-88(107-65-75-41-21-6-22-42-75)58-85(104-62-72-35-15-3-16-36-72)82-57-91(110-68-78-47-27-9-28-48-78)96(112-98(82)92)80-51-53-83(102-60-70-31-11-1-12-32-70)86(55-80)105-63-73-37-17-4-18-38-73/h1-56,58-59,91,94,96-97,100H,57,60-69H2/t91-,94+,96+,97+,100-/m0/s1. The van der Waals surface area contributed by atoms with Gasteiger partial charge in [0.25, 0.3) is 0 Å². The molecule has 0 aliphatic carbocycles. The molecule has 0 fully saturated rings. The molecule has 0 aromatic heterocycles. The van der Waals surface area contributed by atoms with E-state index < -0.39 is 30.3 Å². The van der Waals surface area contributed by atoms with Crippen LogP contribution in [0.2, 0.25) is 0 Å². The lowest BCUT2D eigenvalue weighted by Gasteiger charge is -2.43. The molecule has 2 heterocycles. The average molecular weight is 1560 g/mol. The van der Waals surface area contributed by atoms with Crippen LogP contribution in [0.1, 0.15) is 102 Å². The number of fused-ring (bicyclic) bond motifs is 2. The maximum Gasteiger partial charge on any atom is 0.162 e. The fourth-order valence-corrected chi connectivity index (χ4v) is 14.8. The first-order valence-corrected chi connectivity index (χ1v) is 39.0. The quantitative estimate of drug-likeness (QED) is 0.0390. The Balaban J connectivity index is 0.948. The highest BCUT2D eigenvalue weighted by Gasteiger charge is 2.50. The summed E-state index contributed by atoms with van der Waals surface area (Å²) in [4.78, 5) is 0. The minimum Gasteiger partial charge on any atom is -0.488 e.